The van der Waals surface area contributed by atoms with Crippen LogP contribution >= 0.6 is 15.6 Å². The Morgan fingerprint density at radius 3 is 0.789 bits per heavy atom. The average Bonchev–Trinajstić information content (AvgIpc) is 3.72. The van der Waals surface area contributed by atoms with Gasteiger partial charge in [0.15, 0.2) is 12.2 Å². The average molecular weight is 1330 g/mol. The molecule has 0 aliphatic carbocycles. The van der Waals surface area contributed by atoms with Crippen molar-refractivity contribution < 1.29 is 80.2 Å². The van der Waals surface area contributed by atoms with E-state index in [2.05, 4.69) is 55.4 Å². The summed E-state index contributed by atoms with van der Waals surface area (Å²) < 4.78 is 68.3. The third kappa shape index (κ3) is 62.2. The minimum atomic E-state index is -4.95. The number of carbonyl (C=O) groups excluding carboxylic acids is 4. The Hall–Kier alpha value is -1.94. The summed E-state index contributed by atoms with van der Waals surface area (Å²) in [5.41, 5.74) is 0. The zero-order chi connectivity index (χ0) is 66.8. The van der Waals surface area contributed by atoms with Gasteiger partial charge in [-0.05, 0) is 49.4 Å². The molecule has 0 aromatic heterocycles. The largest absolute Gasteiger partial charge is 0.472 e. The Morgan fingerprint density at radius 2 is 0.533 bits per heavy atom. The lowest BCUT2D eigenvalue weighted by Crippen LogP contribution is -2.30. The first-order chi connectivity index (χ1) is 43.2. The van der Waals surface area contributed by atoms with Crippen LogP contribution in [-0.2, 0) is 65.4 Å². The predicted octanol–water partition coefficient (Wildman–Crippen LogP) is 20.1. The van der Waals surface area contributed by atoms with Crippen LogP contribution in [0, 0.1) is 23.7 Å². The predicted molar refractivity (Wildman–Crippen MR) is 363 cm³/mol. The fourth-order valence-electron chi connectivity index (χ4n) is 10.6. The number of carbonyl (C=O) groups is 4. The van der Waals surface area contributed by atoms with Crippen molar-refractivity contribution in [1.82, 2.24) is 0 Å². The summed E-state index contributed by atoms with van der Waals surface area (Å²) in [7, 11) is -9.90. The molecule has 534 valence electrons. The number of phosphoric acid groups is 2. The number of unbranched alkanes of at least 4 members (excludes halogenated alkanes) is 32. The van der Waals surface area contributed by atoms with Gasteiger partial charge in [-0.15, -0.1) is 0 Å². The highest BCUT2D eigenvalue weighted by Crippen LogP contribution is 2.45. The van der Waals surface area contributed by atoms with E-state index in [4.69, 9.17) is 37.0 Å². The molecule has 0 fully saturated rings. The molecule has 0 aliphatic rings. The van der Waals surface area contributed by atoms with E-state index in [9.17, 15) is 43.2 Å². The van der Waals surface area contributed by atoms with Crippen LogP contribution < -0.4 is 0 Å². The molecule has 0 radical (unpaired) electrons. The monoisotopic (exact) mass is 1320 g/mol. The SMILES string of the molecule is CCC(C)CCCCCCCCCCCCC(=O)O[C@H](COC(=O)CCCCCCCCC(C)C)COP(=O)(O)OC[C@H](O)COP(=O)(O)OC[C@@H](COC(=O)CCCCCCCCC(C)CC)OC(=O)CCCCCCCCCCCCCCCCC(C)C. The van der Waals surface area contributed by atoms with Crippen LogP contribution in [0.4, 0.5) is 0 Å². The summed E-state index contributed by atoms with van der Waals surface area (Å²) in [6.45, 7) is 14.1. The standard InChI is InChI=1S/C71H138O17P2/c1-9-63(7)49-41-33-24-20-17-18-22-26-38-46-54-71(76)87-66(57-81-68(73)51-43-35-29-27-32-40-48-62(5)6)59-85-89(77,78)83-55-65(72)56-84-90(79,80)86-60-67(58-82-69(74)52-44-36-30-28-34-42-50-64(8)10-2)88-70(75)53-45-37-25-21-16-14-12-11-13-15-19-23-31-39-47-61(3)4/h61-67,72H,9-60H2,1-8H3,(H,77,78)(H,79,80)/t63?,64?,65-,66+,67+/m0/s1. The summed E-state index contributed by atoms with van der Waals surface area (Å²) >= 11 is 0. The van der Waals surface area contributed by atoms with Crippen LogP contribution in [0.2, 0.25) is 0 Å². The van der Waals surface area contributed by atoms with Crippen molar-refractivity contribution in [3.8, 4) is 0 Å². The van der Waals surface area contributed by atoms with Gasteiger partial charge in [-0.2, -0.15) is 0 Å². The van der Waals surface area contributed by atoms with Gasteiger partial charge in [0.25, 0.3) is 0 Å². The number of rotatable bonds is 68. The lowest BCUT2D eigenvalue weighted by atomic mass is 9.99. The molecule has 4 unspecified atom stereocenters. The van der Waals surface area contributed by atoms with Gasteiger partial charge >= 0.3 is 39.5 Å². The molecule has 0 saturated carbocycles. The first kappa shape index (κ1) is 88.1. The third-order valence-electron chi connectivity index (χ3n) is 17.0. The van der Waals surface area contributed by atoms with Crippen molar-refractivity contribution in [1.29, 1.82) is 0 Å². The summed E-state index contributed by atoms with van der Waals surface area (Å²) in [5, 5.41) is 10.6. The molecule has 0 aliphatic heterocycles. The summed E-state index contributed by atoms with van der Waals surface area (Å²) in [5.74, 6) is 0.878. The number of ether oxygens (including phenoxy) is 4. The molecule has 0 rings (SSSR count). The lowest BCUT2D eigenvalue weighted by Gasteiger charge is -2.21. The van der Waals surface area contributed by atoms with Gasteiger partial charge in [0.1, 0.15) is 19.3 Å². The Morgan fingerprint density at radius 1 is 0.311 bits per heavy atom. The van der Waals surface area contributed by atoms with E-state index in [0.717, 1.165) is 120 Å². The van der Waals surface area contributed by atoms with E-state index < -0.39 is 97.5 Å². The normalized spacial score (nSPS) is 14.9. The molecule has 19 heteroatoms. The molecular formula is C71H138O17P2. The van der Waals surface area contributed by atoms with Crippen LogP contribution in [0.3, 0.4) is 0 Å². The molecule has 0 heterocycles. The van der Waals surface area contributed by atoms with Crippen molar-refractivity contribution in [3.05, 3.63) is 0 Å². The highest BCUT2D eigenvalue weighted by Gasteiger charge is 2.30. The Labute approximate surface area is 549 Å². The van der Waals surface area contributed by atoms with Crippen molar-refractivity contribution in [2.24, 2.45) is 23.7 Å². The molecule has 0 spiro atoms. The van der Waals surface area contributed by atoms with Crippen LogP contribution in [0.15, 0.2) is 0 Å². The summed E-state index contributed by atoms with van der Waals surface area (Å²) in [4.78, 5) is 72.5. The number of aliphatic hydroxyl groups excluding tert-OH is 1. The van der Waals surface area contributed by atoms with E-state index in [1.54, 1.807) is 0 Å². The van der Waals surface area contributed by atoms with Crippen LogP contribution in [-0.4, -0.2) is 96.7 Å². The summed E-state index contributed by atoms with van der Waals surface area (Å²) in [6.07, 6.45) is 43.2. The van der Waals surface area contributed by atoms with Crippen molar-refractivity contribution >= 4 is 39.5 Å². The number of esters is 4. The smallest absolute Gasteiger partial charge is 0.462 e. The lowest BCUT2D eigenvalue weighted by molar-refractivity contribution is -0.161. The van der Waals surface area contributed by atoms with Gasteiger partial charge in [-0.3, -0.25) is 37.3 Å². The molecular weight excluding hydrogens is 1190 g/mol. The second-order valence-electron chi connectivity index (χ2n) is 27.1. The van der Waals surface area contributed by atoms with Gasteiger partial charge in [-0.25, -0.2) is 9.13 Å². The molecule has 0 bridgehead atoms. The fourth-order valence-corrected chi connectivity index (χ4v) is 12.2. The Balaban J connectivity index is 5.23. The van der Waals surface area contributed by atoms with E-state index >= 15 is 0 Å². The molecule has 0 amide bonds. The third-order valence-corrected chi connectivity index (χ3v) is 18.9. The van der Waals surface area contributed by atoms with Crippen molar-refractivity contribution in [2.45, 2.75) is 369 Å². The highest BCUT2D eigenvalue weighted by molar-refractivity contribution is 7.47. The number of hydrogen-bond donors (Lipinski definition) is 3. The van der Waals surface area contributed by atoms with Crippen LogP contribution in [0.1, 0.15) is 351 Å². The second-order valence-corrected chi connectivity index (χ2v) is 30.0. The maximum Gasteiger partial charge on any atom is 0.472 e. The van der Waals surface area contributed by atoms with Gasteiger partial charge in [-0.1, -0.05) is 299 Å². The second kappa shape index (κ2) is 60.7. The van der Waals surface area contributed by atoms with Crippen LogP contribution in [0.25, 0.3) is 0 Å². The quantitative estimate of drug-likeness (QED) is 0.0222. The molecule has 0 aromatic rings. The van der Waals surface area contributed by atoms with Crippen LogP contribution in [0.5, 0.6) is 0 Å². The molecule has 7 atom stereocenters. The van der Waals surface area contributed by atoms with Gasteiger partial charge in [0, 0.05) is 25.7 Å². The van der Waals surface area contributed by atoms with E-state index in [1.807, 2.05) is 0 Å². The van der Waals surface area contributed by atoms with Gasteiger partial charge in [0.05, 0.1) is 26.4 Å². The first-order valence-electron chi connectivity index (χ1n) is 36.8. The Bertz CT molecular complexity index is 1790. The first-order valence-corrected chi connectivity index (χ1v) is 39.8. The summed E-state index contributed by atoms with van der Waals surface area (Å²) in [6, 6.07) is 0. The Kier molecular flexibility index (Phi) is 59.4. The molecule has 90 heavy (non-hydrogen) atoms. The number of phosphoric ester groups is 2. The molecule has 3 N–H and O–H groups in total. The van der Waals surface area contributed by atoms with Gasteiger partial charge < -0.3 is 33.8 Å². The minimum Gasteiger partial charge on any atom is -0.462 e. The van der Waals surface area contributed by atoms with Gasteiger partial charge in [0.2, 0.25) is 0 Å². The number of aliphatic hydroxyl groups is 1. The highest BCUT2D eigenvalue weighted by atomic mass is 31.2. The maximum absolute atomic E-state index is 13.0. The number of hydrogen-bond acceptors (Lipinski definition) is 15. The minimum absolute atomic E-state index is 0.105. The zero-order valence-corrected chi connectivity index (χ0v) is 60.6. The molecule has 0 saturated heterocycles. The van der Waals surface area contributed by atoms with E-state index in [-0.39, 0.29) is 25.7 Å². The topological polar surface area (TPSA) is 237 Å². The van der Waals surface area contributed by atoms with Crippen molar-refractivity contribution in [3.63, 3.8) is 0 Å². The zero-order valence-electron chi connectivity index (χ0n) is 58.8. The van der Waals surface area contributed by atoms with E-state index in [1.165, 1.54) is 141 Å². The van der Waals surface area contributed by atoms with Crippen molar-refractivity contribution in [2.75, 3.05) is 39.6 Å². The molecule has 0 aromatic carbocycles. The maximum atomic E-state index is 13.0. The molecule has 17 nitrogen and oxygen atoms in total. The van der Waals surface area contributed by atoms with E-state index in [0.29, 0.717) is 31.6 Å². The fraction of sp³-hybridized carbons (Fsp3) is 0.944.